The van der Waals surface area contributed by atoms with E-state index in [1.54, 1.807) is 37.1 Å². The average molecular weight is 2060 g/mol. The summed E-state index contributed by atoms with van der Waals surface area (Å²) < 4.78 is 7.96. The van der Waals surface area contributed by atoms with Crippen LogP contribution < -0.4 is 35.8 Å². The van der Waals surface area contributed by atoms with Crippen LogP contribution in [0.25, 0.3) is 44.1 Å². The molecule has 367 valence electrons. The Balaban J connectivity index is 0.000000267. The Labute approximate surface area is 514 Å². The van der Waals surface area contributed by atoms with Gasteiger partial charge in [-0.15, -0.1) is 23.4 Å². The third kappa shape index (κ3) is 18.5. The molecule has 0 aliphatic heterocycles. The number of hydrogen-bond acceptors (Lipinski definition) is 10. The average Bonchev–Trinajstić information content (AvgIpc) is 3.83. The first-order valence-electron chi connectivity index (χ1n) is 18.9. The molecule has 0 saturated heterocycles. The molecule has 0 aliphatic rings. The summed E-state index contributed by atoms with van der Waals surface area (Å²) in [5.41, 5.74) is 2.92. The zero-order chi connectivity index (χ0) is 51.5. The van der Waals surface area contributed by atoms with Crippen molar-refractivity contribution in [3.8, 4) is 23.7 Å². The quantitative estimate of drug-likeness (QED) is 0.0765. The van der Waals surface area contributed by atoms with Gasteiger partial charge in [0.05, 0.1) is 36.5 Å². The number of H-pyrrole nitrogens is 1. The minimum atomic E-state index is -0.485. The number of nitrogens with zero attached hydrogens (tertiary/aromatic N) is 11. The molecular formula is C40H35Br2ClI8N12O4V2-. The van der Waals surface area contributed by atoms with Crippen molar-refractivity contribution < 1.29 is 27.6 Å². The molecule has 8 aromatic rings. The first-order chi connectivity index (χ1) is 32.8. The van der Waals surface area contributed by atoms with Crippen molar-refractivity contribution in [2.75, 3.05) is 0 Å². The van der Waals surface area contributed by atoms with Crippen LogP contribution in [0, 0.1) is 37.5 Å². The molecule has 0 spiro atoms. The van der Waals surface area contributed by atoms with Crippen LogP contribution in [0.15, 0.2) is 77.2 Å². The summed E-state index contributed by atoms with van der Waals surface area (Å²) in [4.78, 5) is 77.3. The zero-order valence-electron chi connectivity index (χ0n) is 36.6. The molecule has 29 heteroatoms. The van der Waals surface area contributed by atoms with Gasteiger partial charge in [0.25, 0.3) is 11.1 Å². The van der Waals surface area contributed by atoms with E-state index in [-0.39, 0.29) is 18.0 Å². The molecule has 0 radical (unpaired) electrons. The maximum absolute atomic E-state index is 13.2. The van der Waals surface area contributed by atoms with Crippen LogP contribution in [0.4, 0.5) is 0 Å². The van der Waals surface area contributed by atoms with Gasteiger partial charge in [-0.1, -0.05) is 48.2 Å². The molecule has 0 unspecified atom stereocenters. The van der Waals surface area contributed by atoms with Gasteiger partial charge in [-0.05, 0) is 71.7 Å². The zero-order valence-corrected chi connectivity index (χ0v) is 60.5. The predicted molar refractivity (Wildman–Crippen MR) is 332 cm³/mol. The van der Waals surface area contributed by atoms with Crippen LogP contribution in [0.2, 0.25) is 0 Å². The number of alkyl halides is 1. The van der Waals surface area contributed by atoms with Crippen molar-refractivity contribution in [1.82, 2.24) is 57.7 Å². The molecule has 0 amide bonds. The summed E-state index contributed by atoms with van der Waals surface area (Å²) in [6, 6.07) is 15.6. The Hall–Kier alpha value is 0.799. The van der Waals surface area contributed by atoms with Gasteiger partial charge in [-0.2, -0.15) is 0 Å². The Morgan fingerprint density at radius 3 is 1.59 bits per heavy atom. The summed E-state index contributed by atoms with van der Waals surface area (Å²) in [6.07, 6.45) is 0. The Morgan fingerprint density at radius 2 is 1.13 bits per heavy atom. The molecule has 0 aliphatic carbocycles. The molecule has 1 N–H and O–H groups in total. The molecule has 2 aromatic carbocycles. The molecule has 0 fully saturated rings. The van der Waals surface area contributed by atoms with E-state index < -0.39 is 22.5 Å². The van der Waals surface area contributed by atoms with E-state index in [1.807, 2.05) is 62.4 Å². The summed E-state index contributed by atoms with van der Waals surface area (Å²) in [5.74, 6) is 12.8. The molecule has 8 rings (SSSR count). The number of halogens is 11. The summed E-state index contributed by atoms with van der Waals surface area (Å²) in [5, 5.41) is 2.03. The number of hydrogen-bond donors (Lipinski definition) is 1. The number of benzene rings is 2. The number of imidazole rings is 2. The Kier molecular flexibility index (Phi) is 30.7. The molecule has 6 heterocycles. The number of fused-ring (bicyclic) bond motifs is 4. The molecule has 69 heavy (non-hydrogen) atoms. The Morgan fingerprint density at radius 1 is 0.710 bits per heavy atom. The van der Waals surface area contributed by atoms with Gasteiger partial charge in [0.15, 0.2) is 31.8 Å². The number of nitrogens with one attached hydrogen (secondary N) is 1. The fourth-order valence-corrected chi connectivity index (χ4v) is 7.22. The molecule has 0 saturated carbocycles. The van der Waals surface area contributed by atoms with E-state index >= 15 is 0 Å². The van der Waals surface area contributed by atoms with Crippen molar-refractivity contribution in [1.29, 1.82) is 0 Å². The van der Waals surface area contributed by atoms with Gasteiger partial charge in [0, 0.05) is 36.3 Å². The van der Waals surface area contributed by atoms with Crippen LogP contribution in [0.3, 0.4) is 0 Å². The van der Waals surface area contributed by atoms with E-state index in [2.05, 4.69) is 228 Å². The van der Waals surface area contributed by atoms with Crippen molar-refractivity contribution in [3.05, 3.63) is 123 Å². The van der Waals surface area contributed by atoms with Crippen LogP contribution in [0.1, 0.15) is 36.9 Å². The molecule has 0 bridgehead atoms. The maximum atomic E-state index is 13.2. The Bertz CT molecular complexity index is 3440. The first-order valence-corrected chi connectivity index (χ1v) is 56.1. The van der Waals surface area contributed by atoms with Crippen molar-refractivity contribution in [3.63, 3.8) is 0 Å². The number of para-hydroxylation sites is 2. The van der Waals surface area contributed by atoms with E-state index in [4.69, 9.17) is 11.6 Å². The minimum absolute atomic E-state index is 0.0324. The number of aryl methyl sites for hydroxylation is 4. The van der Waals surface area contributed by atoms with Gasteiger partial charge in [-0.25, -0.2) is 39.5 Å². The molecule has 6 aromatic heterocycles. The van der Waals surface area contributed by atoms with Crippen molar-refractivity contribution in [2.45, 2.75) is 53.2 Å². The fourth-order valence-electron chi connectivity index (χ4n) is 6.16. The van der Waals surface area contributed by atoms with Crippen molar-refractivity contribution >= 4 is 225 Å². The monoisotopic (exact) mass is 2060 g/mol. The van der Waals surface area contributed by atoms with Crippen LogP contribution in [0.5, 0.6) is 0 Å². The van der Waals surface area contributed by atoms with Gasteiger partial charge < -0.3 is 9.13 Å². The summed E-state index contributed by atoms with van der Waals surface area (Å²) in [6.45, 7) is 7.89. The molecule has 16 nitrogen and oxygen atoms in total. The van der Waals surface area contributed by atoms with Gasteiger partial charge in [0.2, 0.25) is 0 Å². The molecule has 0 atom stereocenters. The second-order valence-electron chi connectivity index (χ2n) is 13.1. The van der Waals surface area contributed by atoms with Gasteiger partial charge in [0.1, 0.15) is 11.6 Å². The van der Waals surface area contributed by atoms with Gasteiger partial charge >= 0.3 is 176 Å². The van der Waals surface area contributed by atoms with Crippen LogP contribution >= 0.6 is 181 Å². The summed E-state index contributed by atoms with van der Waals surface area (Å²) in [7, 11) is 3.76. The predicted octanol–water partition coefficient (Wildman–Crippen LogP) is 8.07. The molecular weight excluding hydrogens is 2020 g/mol. The van der Waals surface area contributed by atoms with E-state index in [9.17, 15) is 19.2 Å². The van der Waals surface area contributed by atoms with Crippen LogP contribution in [-0.4, -0.2) is 57.7 Å². The number of aromatic nitrogens is 12. The third-order valence-electron chi connectivity index (χ3n) is 9.07. The normalized spacial score (nSPS) is 10.2. The second kappa shape index (κ2) is 33.1. The fraction of sp³-hybridized carbons (Fsp3) is 0.250. The van der Waals surface area contributed by atoms with Crippen molar-refractivity contribution in [2.24, 2.45) is 14.1 Å². The standard InChI is InChI=1S/C20H17BrN6O2.C10H9BrN4O2.C10H9ClN2.I3.5HI.2V/c1-4-5-10-26-16-17(24-19(26)21)25(3)20(29)27(18(16)28)11-15-22-12(2)13-8-6-7-9-14(13)23-15;1-3-4-5-15-6-7(12-9(15)11)14(2)10(17)13-8(6)16;1-7-8-4-2-3-5-9(8)13-10(6-11)12-7;1-3-2;;;;;;;/h6-9H,10-11H2,1-3H3;5H2,1-2H3,(H,13,16,17);2-5H,6H2,1H3;;5*1H;;/q;;;-1;;;;;;+2;+3/p-5. The van der Waals surface area contributed by atoms with E-state index in [0.717, 1.165) is 37.8 Å². The third-order valence-corrected chi connectivity index (χ3v) is 10.5. The SMILES string of the molecule is CC#CCn1c(Br)nc2c1c(=O)[nH]c(=O)n2C.CC#CCn1c(Br)nc2c1c(=O)n(Cc1nc(C)c3ccccc3n1)c(=O)n2C.Cc1nc(CCl)nc2ccccc12.I[I-]I.[I][V]([I])[I].[I][V][I]. The van der Waals surface area contributed by atoms with E-state index in [1.165, 1.54) is 9.13 Å². The first kappa shape index (κ1) is 64.1. The van der Waals surface area contributed by atoms with E-state index in [0.29, 0.717) is 78.6 Å². The second-order valence-corrected chi connectivity index (χ2v) is 78.2. The van der Waals surface area contributed by atoms with Crippen LogP contribution in [-0.2, 0) is 54.0 Å². The number of aromatic amines is 1. The topological polar surface area (TPSA) is 186 Å². The van der Waals surface area contributed by atoms with Gasteiger partial charge in [-0.3, -0.25) is 28.3 Å². The number of rotatable bonds is 5. The summed E-state index contributed by atoms with van der Waals surface area (Å²) >= 11 is 29.7.